The van der Waals surface area contributed by atoms with Crippen LogP contribution in [-0.4, -0.2) is 50.7 Å². The number of hydrogen-bond donors (Lipinski definition) is 1. The first-order chi connectivity index (χ1) is 18.7. The number of pyridine rings is 1. The molecule has 1 N–H and O–H groups in total. The Morgan fingerprint density at radius 2 is 1.82 bits per heavy atom. The average Bonchev–Trinajstić information content (AvgIpc) is 2.90. The lowest BCUT2D eigenvalue weighted by molar-refractivity contribution is 0.0206. The number of amides is 1. The number of ether oxygens (including phenoxy) is 2. The molecule has 1 atom stereocenters. The zero-order valence-electron chi connectivity index (χ0n) is 23.2. The van der Waals surface area contributed by atoms with Crippen molar-refractivity contribution in [2.45, 2.75) is 59.1 Å². The van der Waals surface area contributed by atoms with Gasteiger partial charge in [-0.05, 0) is 82.2 Å². The Bertz CT molecular complexity index is 1500. The summed E-state index contributed by atoms with van der Waals surface area (Å²) in [6, 6.07) is 16.1. The number of nitrogens with one attached hydrogen (secondary N) is 1. The van der Waals surface area contributed by atoms with Crippen LogP contribution in [0.15, 0.2) is 60.9 Å². The summed E-state index contributed by atoms with van der Waals surface area (Å²) in [6.07, 6.45) is 4.94. The van der Waals surface area contributed by atoms with Gasteiger partial charge in [0.25, 0.3) is 0 Å². The van der Waals surface area contributed by atoms with E-state index in [1.165, 1.54) is 5.56 Å². The van der Waals surface area contributed by atoms with Gasteiger partial charge in [-0.2, -0.15) is 0 Å². The van der Waals surface area contributed by atoms with E-state index in [4.69, 9.17) is 14.5 Å². The number of carbonyl (C=O) groups is 1. The Morgan fingerprint density at radius 3 is 2.64 bits per heavy atom. The van der Waals surface area contributed by atoms with Crippen molar-refractivity contribution in [3.63, 3.8) is 0 Å². The van der Waals surface area contributed by atoms with E-state index in [0.29, 0.717) is 30.6 Å². The molecular formula is C31H35N5O3. The molecule has 0 spiro atoms. The highest BCUT2D eigenvalue weighted by Gasteiger charge is 2.28. The molecule has 0 saturated carbocycles. The molecule has 1 aliphatic rings. The van der Waals surface area contributed by atoms with Crippen molar-refractivity contribution in [1.82, 2.24) is 19.9 Å². The van der Waals surface area contributed by atoms with Gasteiger partial charge in [0.15, 0.2) is 0 Å². The topological polar surface area (TPSA) is 89.5 Å². The number of likely N-dealkylation sites (tertiary alicyclic amines) is 1. The van der Waals surface area contributed by atoms with Crippen LogP contribution in [0.1, 0.15) is 44.7 Å². The second kappa shape index (κ2) is 10.9. The highest BCUT2D eigenvalue weighted by Crippen LogP contribution is 2.37. The van der Waals surface area contributed by atoms with E-state index in [0.717, 1.165) is 40.5 Å². The Hall–Kier alpha value is -4.20. The molecule has 0 unspecified atom stereocenters. The summed E-state index contributed by atoms with van der Waals surface area (Å²) in [7, 11) is 0. The molecule has 202 valence electrons. The van der Waals surface area contributed by atoms with Gasteiger partial charge in [-0.15, -0.1) is 0 Å². The van der Waals surface area contributed by atoms with E-state index in [-0.39, 0.29) is 12.1 Å². The molecule has 1 fully saturated rings. The Morgan fingerprint density at radius 1 is 0.974 bits per heavy atom. The molecule has 2 aromatic heterocycles. The van der Waals surface area contributed by atoms with Gasteiger partial charge in [0.2, 0.25) is 11.8 Å². The standard InChI is InChI=1S/C31H35N5O3/c1-20-9-6-11-24-23(20)14-13-21(2)27(24)38-28-25(12-7-16-32-28)26-15-17-33-29(35-26)34-22-10-8-18-36(19-22)30(37)39-31(3,4)5/h6-7,9,11-17,22H,8,10,18-19H2,1-5H3,(H,33,34,35)/t22-/m0/s1. The molecule has 1 amide bonds. The lowest BCUT2D eigenvalue weighted by Crippen LogP contribution is -2.47. The van der Waals surface area contributed by atoms with E-state index in [1.54, 1.807) is 17.3 Å². The highest BCUT2D eigenvalue weighted by molar-refractivity contribution is 5.92. The third-order valence-corrected chi connectivity index (χ3v) is 6.73. The minimum Gasteiger partial charge on any atom is -0.444 e. The number of aromatic nitrogens is 3. The Kier molecular flexibility index (Phi) is 7.37. The predicted molar refractivity (Wildman–Crippen MR) is 153 cm³/mol. The Labute approximate surface area is 229 Å². The van der Waals surface area contributed by atoms with E-state index in [9.17, 15) is 4.79 Å². The highest BCUT2D eigenvalue weighted by atomic mass is 16.6. The van der Waals surface area contributed by atoms with Crippen LogP contribution >= 0.6 is 0 Å². The van der Waals surface area contributed by atoms with Gasteiger partial charge in [-0.3, -0.25) is 0 Å². The molecule has 4 aromatic rings. The van der Waals surface area contributed by atoms with E-state index in [2.05, 4.69) is 46.5 Å². The quantitative estimate of drug-likeness (QED) is 0.303. The van der Waals surface area contributed by atoms with E-state index < -0.39 is 5.60 Å². The molecule has 2 aromatic carbocycles. The first-order valence-electron chi connectivity index (χ1n) is 13.4. The first kappa shape index (κ1) is 26.4. The summed E-state index contributed by atoms with van der Waals surface area (Å²) in [5, 5.41) is 5.61. The first-order valence-corrected chi connectivity index (χ1v) is 13.4. The van der Waals surface area contributed by atoms with Crippen LogP contribution in [0.4, 0.5) is 10.7 Å². The number of hydrogen-bond acceptors (Lipinski definition) is 7. The van der Waals surface area contributed by atoms with Crippen molar-refractivity contribution in [3.8, 4) is 22.9 Å². The molecule has 8 heteroatoms. The van der Waals surface area contributed by atoms with Crippen LogP contribution in [0.2, 0.25) is 0 Å². The fourth-order valence-electron chi connectivity index (χ4n) is 4.84. The number of carbonyl (C=O) groups excluding carboxylic acids is 1. The molecule has 1 saturated heterocycles. The maximum absolute atomic E-state index is 12.6. The van der Waals surface area contributed by atoms with Crippen molar-refractivity contribution < 1.29 is 14.3 Å². The van der Waals surface area contributed by atoms with Crippen LogP contribution < -0.4 is 10.1 Å². The average molecular weight is 526 g/mol. The van der Waals surface area contributed by atoms with Crippen LogP contribution in [0.25, 0.3) is 22.0 Å². The van der Waals surface area contributed by atoms with Gasteiger partial charge >= 0.3 is 6.09 Å². The number of fused-ring (bicyclic) bond motifs is 1. The predicted octanol–water partition coefficient (Wildman–Crippen LogP) is 6.91. The maximum atomic E-state index is 12.6. The smallest absolute Gasteiger partial charge is 0.410 e. The van der Waals surface area contributed by atoms with Crippen LogP contribution in [-0.2, 0) is 4.74 Å². The van der Waals surface area contributed by atoms with Gasteiger partial charge in [0, 0.05) is 36.9 Å². The number of rotatable bonds is 5. The third kappa shape index (κ3) is 6.11. The molecule has 0 aliphatic carbocycles. The third-order valence-electron chi connectivity index (χ3n) is 6.73. The molecule has 39 heavy (non-hydrogen) atoms. The zero-order valence-corrected chi connectivity index (χ0v) is 23.2. The maximum Gasteiger partial charge on any atom is 0.410 e. The van der Waals surface area contributed by atoms with Crippen molar-refractivity contribution in [2.24, 2.45) is 0 Å². The molecule has 3 heterocycles. The lowest BCUT2D eigenvalue weighted by Gasteiger charge is -2.34. The second-order valence-corrected chi connectivity index (χ2v) is 11.0. The fourth-order valence-corrected chi connectivity index (χ4v) is 4.84. The summed E-state index contributed by atoms with van der Waals surface area (Å²) < 4.78 is 12.0. The molecule has 1 aliphatic heterocycles. The van der Waals surface area contributed by atoms with Crippen LogP contribution in [0, 0.1) is 13.8 Å². The number of benzene rings is 2. The van der Waals surface area contributed by atoms with Gasteiger partial charge in [0.1, 0.15) is 11.4 Å². The van der Waals surface area contributed by atoms with Crippen molar-refractivity contribution in [3.05, 3.63) is 72.1 Å². The fraction of sp³-hybridized carbons (Fsp3) is 0.355. The number of anilines is 1. The summed E-state index contributed by atoms with van der Waals surface area (Å²) in [5.74, 6) is 1.76. The van der Waals surface area contributed by atoms with Crippen molar-refractivity contribution in [1.29, 1.82) is 0 Å². The largest absolute Gasteiger partial charge is 0.444 e. The number of nitrogens with zero attached hydrogens (tertiary/aromatic N) is 4. The van der Waals surface area contributed by atoms with Crippen LogP contribution in [0.5, 0.6) is 11.6 Å². The SMILES string of the molecule is Cc1ccc2c(C)cccc2c1Oc1ncccc1-c1ccnc(N[C@H]2CCCN(C(=O)OC(C)(C)C)C2)n1. The van der Waals surface area contributed by atoms with Gasteiger partial charge < -0.3 is 19.7 Å². The number of piperidine rings is 1. The zero-order chi connectivity index (χ0) is 27.6. The van der Waals surface area contributed by atoms with Crippen LogP contribution in [0.3, 0.4) is 0 Å². The molecule has 5 rings (SSSR count). The normalized spacial score (nSPS) is 15.7. The lowest BCUT2D eigenvalue weighted by atomic mass is 10.0. The van der Waals surface area contributed by atoms with Crippen molar-refractivity contribution in [2.75, 3.05) is 18.4 Å². The molecule has 8 nitrogen and oxygen atoms in total. The molecular weight excluding hydrogens is 490 g/mol. The number of aryl methyl sites for hydroxylation is 2. The van der Waals surface area contributed by atoms with E-state index in [1.807, 2.05) is 52.0 Å². The summed E-state index contributed by atoms with van der Waals surface area (Å²) in [4.78, 5) is 28.1. The van der Waals surface area contributed by atoms with E-state index >= 15 is 0 Å². The Balaban J connectivity index is 1.38. The minimum atomic E-state index is -0.526. The van der Waals surface area contributed by atoms with Gasteiger partial charge in [-0.1, -0.05) is 30.3 Å². The molecule has 0 radical (unpaired) electrons. The molecule has 0 bridgehead atoms. The summed E-state index contributed by atoms with van der Waals surface area (Å²) >= 11 is 0. The second-order valence-electron chi connectivity index (χ2n) is 11.0. The summed E-state index contributed by atoms with van der Waals surface area (Å²) in [6.45, 7) is 11.0. The minimum absolute atomic E-state index is 0.0210. The van der Waals surface area contributed by atoms with Gasteiger partial charge in [-0.25, -0.2) is 19.7 Å². The summed E-state index contributed by atoms with van der Waals surface area (Å²) in [5.41, 5.74) is 3.16. The monoisotopic (exact) mass is 525 g/mol. The van der Waals surface area contributed by atoms with Crippen molar-refractivity contribution >= 4 is 22.8 Å². The van der Waals surface area contributed by atoms with Gasteiger partial charge in [0.05, 0.1) is 11.3 Å².